The average Bonchev–Trinajstić information content (AvgIpc) is 3.02. The summed E-state index contributed by atoms with van der Waals surface area (Å²) in [4.78, 5) is 4.50. The molecule has 2 aliphatic heterocycles. The lowest BCUT2D eigenvalue weighted by molar-refractivity contribution is -0.0304. The molecule has 0 saturated carbocycles. The zero-order valence-electron chi connectivity index (χ0n) is 12.4. The number of rotatable bonds is 4. The molecule has 1 aromatic rings. The SMILES string of the molecule is CCNC1NC(N)Nc2c1ncn2C1OC(CO)CC1C. The maximum absolute atomic E-state index is 9.29. The lowest BCUT2D eigenvalue weighted by Gasteiger charge is -2.32. The number of aromatic nitrogens is 2. The second-order valence-corrected chi connectivity index (χ2v) is 5.71. The van der Waals surface area contributed by atoms with Gasteiger partial charge in [0.1, 0.15) is 30.2 Å². The van der Waals surface area contributed by atoms with E-state index in [1.54, 1.807) is 6.33 Å². The van der Waals surface area contributed by atoms with Gasteiger partial charge in [-0.05, 0) is 13.0 Å². The predicted octanol–water partition coefficient (Wildman–Crippen LogP) is -0.335. The summed E-state index contributed by atoms with van der Waals surface area (Å²) in [7, 11) is 0. The van der Waals surface area contributed by atoms with Crippen LogP contribution in [0.4, 0.5) is 5.82 Å². The number of aliphatic hydroxyl groups is 1. The van der Waals surface area contributed by atoms with E-state index in [1.807, 2.05) is 11.5 Å². The first-order valence-corrected chi connectivity index (χ1v) is 7.48. The molecule has 5 unspecified atom stereocenters. The Kier molecular flexibility index (Phi) is 4.14. The predicted molar refractivity (Wildman–Crippen MR) is 78.2 cm³/mol. The Balaban J connectivity index is 1.88. The largest absolute Gasteiger partial charge is 0.394 e. The van der Waals surface area contributed by atoms with Gasteiger partial charge in [-0.15, -0.1) is 0 Å². The highest BCUT2D eigenvalue weighted by Crippen LogP contribution is 2.38. The maximum Gasteiger partial charge on any atom is 0.139 e. The minimum absolute atomic E-state index is 0.0479. The van der Waals surface area contributed by atoms with Gasteiger partial charge < -0.3 is 15.2 Å². The molecule has 0 bridgehead atoms. The van der Waals surface area contributed by atoms with Crippen LogP contribution in [0.2, 0.25) is 0 Å². The molecule has 1 fully saturated rings. The molecule has 8 heteroatoms. The van der Waals surface area contributed by atoms with Crippen molar-refractivity contribution >= 4 is 5.82 Å². The van der Waals surface area contributed by atoms with Crippen LogP contribution in [0.1, 0.15) is 38.4 Å². The number of anilines is 1. The third-order valence-corrected chi connectivity index (χ3v) is 4.07. The highest BCUT2D eigenvalue weighted by Gasteiger charge is 2.37. The first kappa shape index (κ1) is 14.7. The van der Waals surface area contributed by atoms with Gasteiger partial charge in [0.25, 0.3) is 0 Å². The molecule has 0 aliphatic carbocycles. The van der Waals surface area contributed by atoms with Crippen LogP contribution in [0.25, 0.3) is 0 Å². The summed E-state index contributed by atoms with van der Waals surface area (Å²) in [6.45, 7) is 5.03. The van der Waals surface area contributed by atoms with Crippen LogP contribution in [0.5, 0.6) is 0 Å². The molecular formula is C13H24N6O2. The van der Waals surface area contributed by atoms with Gasteiger partial charge in [-0.25, -0.2) is 4.98 Å². The number of fused-ring (bicyclic) bond motifs is 1. The summed E-state index contributed by atoms with van der Waals surface area (Å²) in [6, 6.07) is 0. The summed E-state index contributed by atoms with van der Waals surface area (Å²) in [5.74, 6) is 1.19. The topological polar surface area (TPSA) is 109 Å². The van der Waals surface area contributed by atoms with Crippen molar-refractivity contribution in [3.05, 3.63) is 12.0 Å². The fourth-order valence-electron chi connectivity index (χ4n) is 3.11. The lowest BCUT2D eigenvalue weighted by Crippen LogP contribution is -2.53. The fraction of sp³-hybridized carbons (Fsp3) is 0.769. The molecule has 3 rings (SSSR count). The highest BCUT2D eigenvalue weighted by molar-refractivity contribution is 5.47. The number of hydrogen-bond donors (Lipinski definition) is 5. The van der Waals surface area contributed by atoms with E-state index < -0.39 is 0 Å². The molecule has 3 heterocycles. The van der Waals surface area contributed by atoms with E-state index in [0.717, 1.165) is 24.5 Å². The number of ether oxygens (including phenoxy) is 1. The van der Waals surface area contributed by atoms with Gasteiger partial charge in [-0.1, -0.05) is 13.8 Å². The van der Waals surface area contributed by atoms with Crippen molar-refractivity contribution in [3.63, 3.8) is 0 Å². The van der Waals surface area contributed by atoms with E-state index in [1.165, 1.54) is 0 Å². The quantitative estimate of drug-likeness (QED) is 0.517. The van der Waals surface area contributed by atoms with E-state index in [-0.39, 0.29) is 31.4 Å². The van der Waals surface area contributed by atoms with E-state index >= 15 is 0 Å². The number of nitrogens with one attached hydrogen (secondary N) is 3. The lowest BCUT2D eigenvalue weighted by atomic mass is 10.1. The zero-order chi connectivity index (χ0) is 15.0. The second-order valence-electron chi connectivity index (χ2n) is 5.71. The van der Waals surface area contributed by atoms with E-state index in [0.29, 0.717) is 5.92 Å². The molecule has 2 aliphatic rings. The van der Waals surface area contributed by atoms with Crippen LogP contribution in [0, 0.1) is 5.92 Å². The average molecular weight is 296 g/mol. The minimum atomic E-state index is -0.345. The first-order valence-electron chi connectivity index (χ1n) is 7.48. The molecule has 0 amide bonds. The monoisotopic (exact) mass is 296 g/mol. The number of hydrogen-bond acceptors (Lipinski definition) is 7. The third-order valence-electron chi connectivity index (χ3n) is 4.07. The molecule has 6 N–H and O–H groups in total. The molecule has 8 nitrogen and oxygen atoms in total. The van der Waals surface area contributed by atoms with Gasteiger partial charge >= 0.3 is 0 Å². The smallest absolute Gasteiger partial charge is 0.139 e. The number of imidazole rings is 1. The van der Waals surface area contributed by atoms with Gasteiger partial charge in [0.05, 0.1) is 19.0 Å². The summed E-state index contributed by atoms with van der Waals surface area (Å²) < 4.78 is 7.90. The number of nitrogens with two attached hydrogens (primary N) is 1. The number of nitrogens with zero attached hydrogens (tertiary/aromatic N) is 2. The first-order chi connectivity index (χ1) is 10.1. The Bertz CT molecular complexity index is 493. The Morgan fingerprint density at radius 2 is 2.43 bits per heavy atom. The second kappa shape index (κ2) is 5.90. The van der Waals surface area contributed by atoms with Crippen LogP contribution in [-0.2, 0) is 4.74 Å². The Labute approximate surface area is 124 Å². The zero-order valence-corrected chi connectivity index (χ0v) is 12.4. The minimum Gasteiger partial charge on any atom is -0.394 e. The van der Waals surface area contributed by atoms with Crippen molar-refractivity contribution in [3.8, 4) is 0 Å². The van der Waals surface area contributed by atoms with Crippen LogP contribution in [0.3, 0.4) is 0 Å². The number of aliphatic hydroxyl groups excluding tert-OH is 1. The van der Waals surface area contributed by atoms with E-state index in [4.69, 9.17) is 10.5 Å². The molecule has 0 spiro atoms. The molecule has 0 aromatic carbocycles. The highest BCUT2D eigenvalue weighted by atomic mass is 16.5. The van der Waals surface area contributed by atoms with Crippen LogP contribution in [0.15, 0.2) is 6.33 Å². The molecule has 1 saturated heterocycles. The Morgan fingerprint density at radius 3 is 3.10 bits per heavy atom. The van der Waals surface area contributed by atoms with Crippen molar-refractivity contribution in [2.75, 3.05) is 18.5 Å². The van der Waals surface area contributed by atoms with Crippen LogP contribution in [-0.4, -0.2) is 40.2 Å². The van der Waals surface area contributed by atoms with Crippen molar-refractivity contribution in [1.82, 2.24) is 20.2 Å². The fourth-order valence-corrected chi connectivity index (χ4v) is 3.11. The van der Waals surface area contributed by atoms with Crippen molar-refractivity contribution in [1.29, 1.82) is 0 Å². The molecule has 118 valence electrons. The van der Waals surface area contributed by atoms with Crippen LogP contribution >= 0.6 is 0 Å². The summed E-state index contributed by atoms with van der Waals surface area (Å²) in [5, 5.41) is 19.0. The normalized spacial score (nSPS) is 35.5. The Hall–Kier alpha value is -1.19. The molecule has 21 heavy (non-hydrogen) atoms. The van der Waals surface area contributed by atoms with Gasteiger partial charge in [-0.3, -0.25) is 20.9 Å². The van der Waals surface area contributed by atoms with E-state index in [9.17, 15) is 5.11 Å². The standard InChI is InChI=1S/C13H24N6O2/c1-3-15-10-9-11(18-13(14)17-10)19(6-16-9)12-7(2)4-8(5-20)21-12/h6-8,10,12-13,15,17-18,20H,3-5,14H2,1-2H3. The molecular weight excluding hydrogens is 272 g/mol. The van der Waals surface area contributed by atoms with Crippen molar-refractivity contribution < 1.29 is 9.84 Å². The molecule has 0 radical (unpaired) electrons. The maximum atomic E-state index is 9.29. The van der Waals surface area contributed by atoms with Crippen molar-refractivity contribution in [2.45, 2.75) is 45.1 Å². The summed E-state index contributed by atoms with van der Waals surface area (Å²) >= 11 is 0. The summed E-state index contributed by atoms with van der Waals surface area (Å²) in [5.41, 5.74) is 6.89. The van der Waals surface area contributed by atoms with E-state index in [2.05, 4.69) is 27.9 Å². The van der Waals surface area contributed by atoms with Gasteiger partial charge in [0.2, 0.25) is 0 Å². The van der Waals surface area contributed by atoms with Crippen molar-refractivity contribution in [2.24, 2.45) is 11.7 Å². The van der Waals surface area contributed by atoms with Crippen LogP contribution < -0.4 is 21.7 Å². The third kappa shape index (κ3) is 2.65. The Morgan fingerprint density at radius 1 is 1.62 bits per heavy atom. The van der Waals surface area contributed by atoms with Gasteiger partial charge in [0.15, 0.2) is 0 Å². The molecule has 1 aromatic heterocycles. The molecule has 5 atom stereocenters. The summed E-state index contributed by atoms with van der Waals surface area (Å²) in [6.07, 6.45) is 1.97. The van der Waals surface area contributed by atoms with Gasteiger partial charge in [-0.2, -0.15) is 0 Å². The van der Waals surface area contributed by atoms with Gasteiger partial charge in [0, 0.05) is 5.92 Å².